The number of halogens is 1. The number of thiocarbonyl (C=S) groups is 1. The molecule has 0 saturated carbocycles. The molecule has 1 aliphatic heterocycles. The number of aliphatic carboxylic acids is 1. The van der Waals surface area contributed by atoms with Gasteiger partial charge in [-0.15, -0.1) is 0 Å². The van der Waals surface area contributed by atoms with Gasteiger partial charge in [0, 0.05) is 16.1 Å². The zero-order chi connectivity index (χ0) is 22.5. The highest BCUT2D eigenvalue weighted by Crippen LogP contribution is 2.37. The molecule has 11 heteroatoms. The molecule has 0 aliphatic carbocycles. The Labute approximate surface area is 191 Å². The monoisotopic (exact) mass is 478 g/mol. The minimum atomic E-state index is -1.16. The van der Waals surface area contributed by atoms with Gasteiger partial charge in [-0.3, -0.25) is 15.0 Å². The number of carbonyl (C=O) groups excluding carboxylic acids is 2. The lowest BCUT2D eigenvalue weighted by Gasteiger charge is -2.15. The zero-order valence-corrected chi connectivity index (χ0v) is 18.3. The first-order valence-corrected chi connectivity index (χ1v) is 10.3. The maximum Gasteiger partial charge on any atom is 0.341 e. The van der Waals surface area contributed by atoms with Crippen molar-refractivity contribution in [3.8, 4) is 11.5 Å². The van der Waals surface area contributed by atoms with E-state index >= 15 is 0 Å². The molecule has 2 aromatic rings. The molecular weight excluding hydrogens is 464 g/mol. The second-order valence-corrected chi connectivity index (χ2v) is 8.14. The van der Waals surface area contributed by atoms with Crippen LogP contribution in [0.5, 0.6) is 11.5 Å². The molecule has 31 heavy (non-hydrogen) atoms. The Morgan fingerprint density at radius 2 is 1.97 bits per heavy atom. The number of hydrazine groups is 1. The largest absolute Gasteiger partial charge is 0.493 e. The summed E-state index contributed by atoms with van der Waals surface area (Å²) < 4.78 is 10.7. The van der Waals surface area contributed by atoms with E-state index in [0.29, 0.717) is 21.9 Å². The van der Waals surface area contributed by atoms with Gasteiger partial charge in [-0.05, 0) is 48.6 Å². The molecule has 2 amide bonds. The fourth-order valence-corrected chi connectivity index (χ4v) is 3.86. The Hall–Kier alpha value is -3.08. The number of nitrogens with zero attached hydrogens (tertiary/aromatic N) is 1. The fourth-order valence-electron chi connectivity index (χ4n) is 2.57. The first-order chi connectivity index (χ1) is 14.8. The van der Waals surface area contributed by atoms with Crippen molar-refractivity contribution in [3.05, 3.63) is 63.5 Å². The highest BCUT2D eigenvalue weighted by molar-refractivity contribution is 8.26. The Bertz CT molecular complexity index is 1090. The highest BCUT2D eigenvalue weighted by Gasteiger charge is 2.34. The molecule has 0 radical (unpaired) electrons. The van der Waals surface area contributed by atoms with Gasteiger partial charge in [0.1, 0.15) is 0 Å². The van der Waals surface area contributed by atoms with Crippen LogP contribution < -0.4 is 14.9 Å². The summed E-state index contributed by atoms with van der Waals surface area (Å²) in [5.74, 6) is -1.75. The van der Waals surface area contributed by atoms with E-state index in [2.05, 4.69) is 5.43 Å². The van der Waals surface area contributed by atoms with Crippen LogP contribution in [0.15, 0.2) is 47.4 Å². The number of nitrogens with one attached hydrogen (secondary N) is 1. The lowest BCUT2D eigenvalue weighted by molar-refractivity contribution is -0.139. The highest BCUT2D eigenvalue weighted by atomic mass is 35.5. The predicted molar refractivity (Wildman–Crippen MR) is 120 cm³/mol. The van der Waals surface area contributed by atoms with Crippen LogP contribution in [-0.4, -0.2) is 45.9 Å². The van der Waals surface area contributed by atoms with Crippen LogP contribution in [0.4, 0.5) is 0 Å². The van der Waals surface area contributed by atoms with Crippen LogP contribution in [0.1, 0.15) is 15.9 Å². The van der Waals surface area contributed by atoms with Gasteiger partial charge < -0.3 is 14.6 Å². The van der Waals surface area contributed by atoms with Gasteiger partial charge >= 0.3 is 5.97 Å². The number of para-hydroxylation sites is 1. The second-order valence-electron chi connectivity index (χ2n) is 6.03. The molecule has 3 rings (SSSR count). The van der Waals surface area contributed by atoms with Crippen LogP contribution in [0.2, 0.25) is 5.02 Å². The second kappa shape index (κ2) is 9.82. The molecule has 160 valence electrons. The Morgan fingerprint density at radius 3 is 2.61 bits per heavy atom. The molecule has 2 N–H and O–H groups in total. The van der Waals surface area contributed by atoms with Gasteiger partial charge in [-0.2, -0.15) is 5.01 Å². The predicted octanol–water partition coefficient (Wildman–Crippen LogP) is 3.36. The maximum atomic E-state index is 12.8. The first kappa shape index (κ1) is 22.6. The number of ether oxygens (including phenoxy) is 2. The quantitative estimate of drug-likeness (QED) is 0.461. The number of thioether (sulfide) groups is 1. The lowest BCUT2D eigenvalue weighted by atomic mass is 10.1. The number of methoxy groups -OCH3 is 1. The van der Waals surface area contributed by atoms with Gasteiger partial charge in [0.15, 0.2) is 22.4 Å². The third-order valence-corrected chi connectivity index (χ3v) is 5.52. The average molecular weight is 479 g/mol. The summed E-state index contributed by atoms with van der Waals surface area (Å²) in [5, 5.41) is 10.4. The van der Waals surface area contributed by atoms with E-state index in [1.165, 1.54) is 25.3 Å². The minimum Gasteiger partial charge on any atom is -0.493 e. The number of hydrogen-bond donors (Lipinski definition) is 2. The molecule has 1 aliphatic rings. The van der Waals surface area contributed by atoms with Crippen LogP contribution in [0.3, 0.4) is 0 Å². The van der Waals surface area contributed by atoms with Crippen LogP contribution >= 0.6 is 35.6 Å². The zero-order valence-electron chi connectivity index (χ0n) is 16.0. The number of carboxylic acids is 1. The van der Waals surface area contributed by atoms with Crippen LogP contribution in [0.25, 0.3) is 6.08 Å². The van der Waals surface area contributed by atoms with E-state index in [9.17, 15) is 14.4 Å². The molecule has 0 aromatic heterocycles. The van der Waals surface area contributed by atoms with Crippen molar-refractivity contribution in [2.75, 3.05) is 13.7 Å². The van der Waals surface area contributed by atoms with Gasteiger partial charge in [0.2, 0.25) is 0 Å². The van der Waals surface area contributed by atoms with E-state index in [4.69, 9.17) is 38.4 Å². The molecule has 0 atom stereocenters. The average Bonchev–Trinajstić information content (AvgIpc) is 3.00. The third-order valence-electron chi connectivity index (χ3n) is 3.97. The Balaban J connectivity index is 1.84. The summed E-state index contributed by atoms with van der Waals surface area (Å²) in [4.78, 5) is 36.4. The standard InChI is InChI=1S/C20H15ClN2O6S2/c1-28-14-4-2-3-12(17(14)29-10-16(24)25)9-15-19(27)23(20(30)31-15)22-18(26)11-5-7-13(21)8-6-11/h2-9H,10H2,1H3,(H,22,26)(H,24,25). The number of hydrogen-bond acceptors (Lipinski definition) is 7. The van der Waals surface area contributed by atoms with E-state index in [1.807, 2.05) is 0 Å². The lowest BCUT2D eigenvalue weighted by Crippen LogP contribution is -2.44. The van der Waals surface area contributed by atoms with Crippen LogP contribution in [-0.2, 0) is 9.59 Å². The third kappa shape index (κ3) is 5.35. The van der Waals surface area contributed by atoms with Gasteiger partial charge in [0.25, 0.3) is 11.8 Å². The van der Waals surface area contributed by atoms with E-state index in [0.717, 1.165) is 16.8 Å². The summed E-state index contributed by atoms with van der Waals surface area (Å²) in [6.07, 6.45) is 1.49. The molecule has 0 bridgehead atoms. The summed E-state index contributed by atoms with van der Waals surface area (Å²) in [6.45, 7) is -0.584. The summed E-state index contributed by atoms with van der Waals surface area (Å²) >= 11 is 12.0. The summed E-state index contributed by atoms with van der Waals surface area (Å²) in [7, 11) is 1.42. The van der Waals surface area contributed by atoms with Gasteiger partial charge in [-0.25, -0.2) is 4.79 Å². The Kier molecular flexibility index (Phi) is 7.16. The van der Waals surface area contributed by atoms with Crippen molar-refractivity contribution in [1.29, 1.82) is 0 Å². The number of carboxylic acid groups (broad SMARTS) is 1. The van der Waals surface area contributed by atoms with Gasteiger partial charge in [0.05, 0.1) is 12.0 Å². The smallest absolute Gasteiger partial charge is 0.341 e. The molecule has 1 fully saturated rings. The molecular formula is C20H15ClN2O6S2. The van der Waals surface area contributed by atoms with E-state index in [1.54, 1.807) is 30.3 Å². The molecule has 2 aromatic carbocycles. The number of rotatable bonds is 7. The molecule has 0 spiro atoms. The number of amides is 2. The topological polar surface area (TPSA) is 105 Å². The first-order valence-electron chi connectivity index (χ1n) is 8.66. The van der Waals surface area contributed by atoms with Crippen molar-refractivity contribution in [2.24, 2.45) is 0 Å². The van der Waals surface area contributed by atoms with Crippen molar-refractivity contribution >= 4 is 63.8 Å². The SMILES string of the molecule is COc1cccc(C=C2SC(=S)N(NC(=O)c3ccc(Cl)cc3)C2=O)c1OCC(=O)O. The minimum absolute atomic E-state index is 0.134. The molecule has 0 unspecified atom stereocenters. The fraction of sp³-hybridized carbons (Fsp3) is 0.100. The maximum absolute atomic E-state index is 12.8. The number of carbonyl (C=O) groups is 3. The Morgan fingerprint density at radius 1 is 1.26 bits per heavy atom. The van der Waals surface area contributed by atoms with Crippen molar-refractivity contribution in [1.82, 2.24) is 10.4 Å². The van der Waals surface area contributed by atoms with E-state index < -0.39 is 24.4 Å². The van der Waals surface area contributed by atoms with Crippen molar-refractivity contribution < 1.29 is 29.0 Å². The summed E-state index contributed by atoms with van der Waals surface area (Å²) in [5.41, 5.74) is 3.20. The molecule has 1 saturated heterocycles. The van der Waals surface area contributed by atoms with Gasteiger partial charge in [-0.1, -0.05) is 35.5 Å². The van der Waals surface area contributed by atoms with Crippen molar-refractivity contribution in [3.63, 3.8) is 0 Å². The molecule has 1 heterocycles. The normalized spacial score (nSPS) is 14.6. The van der Waals surface area contributed by atoms with Crippen LogP contribution in [0, 0.1) is 0 Å². The molecule has 8 nitrogen and oxygen atoms in total. The van der Waals surface area contributed by atoms with E-state index in [-0.39, 0.29) is 15.0 Å². The number of benzene rings is 2. The van der Waals surface area contributed by atoms with Crippen molar-refractivity contribution in [2.45, 2.75) is 0 Å². The summed E-state index contributed by atoms with van der Waals surface area (Å²) in [6, 6.07) is 11.1.